The second-order valence-electron chi connectivity index (χ2n) is 16.2. The zero-order chi connectivity index (χ0) is 40.2. The van der Waals surface area contributed by atoms with Gasteiger partial charge in [-0.25, -0.2) is 0 Å². The lowest BCUT2D eigenvalue weighted by molar-refractivity contribution is 1.18. The van der Waals surface area contributed by atoms with Gasteiger partial charge >= 0.3 is 0 Å². The highest BCUT2D eigenvalue weighted by Crippen LogP contribution is 2.45. The molecule has 0 saturated heterocycles. The number of para-hydroxylation sites is 2. The number of hydrogen-bond acceptors (Lipinski definition) is 2. The Morgan fingerprint density at radius 3 is 1.59 bits per heavy atom. The number of hydrogen-bond donors (Lipinski definition) is 0. The summed E-state index contributed by atoms with van der Waals surface area (Å²) in [5.41, 5.74) is 14.5. The molecular formula is C58H33N3. The molecule has 0 N–H and O–H groups in total. The number of nitrogens with zero attached hydrogens (tertiary/aromatic N) is 3. The van der Waals surface area contributed by atoms with Crippen LogP contribution in [0.2, 0.25) is 0 Å². The minimum atomic E-state index is 0.666. The molecule has 0 radical (unpaired) electrons. The molecule has 0 aliphatic rings. The van der Waals surface area contributed by atoms with Gasteiger partial charge in [-0.3, -0.25) is 4.98 Å². The summed E-state index contributed by atoms with van der Waals surface area (Å²) in [6, 6.07) is 72.7. The van der Waals surface area contributed by atoms with Gasteiger partial charge in [0.25, 0.3) is 0 Å². The fourth-order valence-corrected chi connectivity index (χ4v) is 10.2. The third-order valence-corrected chi connectivity index (χ3v) is 12.9. The van der Waals surface area contributed by atoms with Crippen LogP contribution in [-0.2, 0) is 0 Å². The van der Waals surface area contributed by atoms with E-state index in [1.165, 1.54) is 70.7 Å². The van der Waals surface area contributed by atoms with E-state index in [4.69, 9.17) is 4.98 Å². The Morgan fingerprint density at radius 2 is 0.934 bits per heavy atom. The number of aromatic nitrogens is 2. The molecule has 3 nitrogen and oxygen atoms in total. The van der Waals surface area contributed by atoms with Gasteiger partial charge in [-0.2, -0.15) is 5.26 Å². The molecule has 0 saturated carbocycles. The van der Waals surface area contributed by atoms with Crippen LogP contribution in [0.3, 0.4) is 0 Å². The van der Waals surface area contributed by atoms with Crippen molar-refractivity contribution in [1.82, 2.24) is 9.55 Å². The van der Waals surface area contributed by atoms with Crippen molar-refractivity contribution in [3.63, 3.8) is 0 Å². The second-order valence-corrected chi connectivity index (χ2v) is 16.2. The summed E-state index contributed by atoms with van der Waals surface area (Å²) in [6.07, 6.45) is 1.87. The zero-order valence-corrected chi connectivity index (χ0v) is 32.9. The second kappa shape index (κ2) is 12.8. The first-order chi connectivity index (χ1) is 30.2. The first kappa shape index (κ1) is 33.6. The molecule has 280 valence electrons. The topological polar surface area (TPSA) is 41.6 Å². The van der Waals surface area contributed by atoms with Crippen molar-refractivity contribution >= 4 is 75.8 Å². The van der Waals surface area contributed by atoms with Crippen LogP contribution in [0.15, 0.2) is 200 Å². The lowest BCUT2D eigenvalue weighted by atomic mass is 9.87. The maximum absolute atomic E-state index is 9.93. The van der Waals surface area contributed by atoms with Gasteiger partial charge in [0.15, 0.2) is 0 Å². The van der Waals surface area contributed by atoms with Crippen LogP contribution in [0.25, 0.3) is 126 Å². The van der Waals surface area contributed by atoms with Crippen molar-refractivity contribution in [3.05, 3.63) is 206 Å². The Kier molecular flexibility index (Phi) is 7.08. The minimum absolute atomic E-state index is 0.666. The van der Waals surface area contributed by atoms with Crippen LogP contribution < -0.4 is 0 Å². The van der Waals surface area contributed by atoms with Crippen molar-refractivity contribution in [1.29, 1.82) is 5.26 Å². The fourth-order valence-electron chi connectivity index (χ4n) is 10.2. The van der Waals surface area contributed by atoms with Gasteiger partial charge in [-0.05, 0) is 124 Å². The molecule has 0 atom stereocenters. The van der Waals surface area contributed by atoms with Crippen molar-refractivity contribution in [2.24, 2.45) is 0 Å². The molecule has 13 aromatic rings. The van der Waals surface area contributed by atoms with E-state index in [0.717, 1.165) is 55.3 Å². The summed E-state index contributed by atoms with van der Waals surface area (Å²) in [5, 5.41) is 23.4. The van der Waals surface area contributed by atoms with Crippen molar-refractivity contribution in [2.45, 2.75) is 0 Å². The molecule has 0 spiro atoms. The third kappa shape index (κ3) is 5.00. The molecule has 2 aromatic heterocycles. The van der Waals surface area contributed by atoms with Crippen LogP contribution in [0.1, 0.15) is 5.56 Å². The molecule has 0 aliphatic heterocycles. The van der Waals surface area contributed by atoms with Gasteiger partial charge in [0.05, 0.1) is 28.2 Å². The SMILES string of the molecule is N#Cc1cc2ccc3cc(-c4ccc(-c5ccc6ccc7c(-c8ccc(-c9cccc%10cccnc9%10)cc8)ccc8ccc5c6c87)cc4)cc4c3c2c(c1)n4-c1ccccc1. The summed E-state index contributed by atoms with van der Waals surface area (Å²) >= 11 is 0. The largest absolute Gasteiger partial charge is 0.309 e. The van der Waals surface area contributed by atoms with E-state index < -0.39 is 0 Å². The van der Waals surface area contributed by atoms with Crippen LogP contribution >= 0.6 is 0 Å². The van der Waals surface area contributed by atoms with Gasteiger partial charge in [0.1, 0.15) is 0 Å². The summed E-state index contributed by atoms with van der Waals surface area (Å²) in [5.74, 6) is 0. The summed E-state index contributed by atoms with van der Waals surface area (Å²) in [4.78, 5) is 4.70. The molecular weight excluding hydrogens is 739 g/mol. The first-order valence-electron chi connectivity index (χ1n) is 20.7. The standard InChI is InChI=1S/C58H33N3/c59-34-35-30-43-19-20-44-32-45(33-53-57(44)56(43)52(31-35)61(53)46-8-2-1-3-9-46)36-11-13-37(14-12-36)47-25-21-40-24-28-51-48(26-22-41-23-27-50(47)54(40)55(41)51)38-15-17-39(18-16-38)49-10-4-6-42-7-5-29-60-58(42)49/h1-33H. The van der Waals surface area contributed by atoms with Gasteiger partial charge < -0.3 is 4.57 Å². The Bertz CT molecular complexity index is 3900. The molecule has 0 fully saturated rings. The Balaban J connectivity index is 0.910. The van der Waals surface area contributed by atoms with E-state index in [9.17, 15) is 5.26 Å². The smallest absolute Gasteiger partial charge is 0.0992 e. The average molecular weight is 772 g/mol. The quantitative estimate of drug-likeness (QED) is 0.164. The van der Waals surface area contributed by atoms with Crippen LogP contribution in [0.5, 0.6) is 0 Å². The Morgan fingerprint density at radius 1 is 0.377 bits per heavy atom. The summed E-state index contributed by atoms with van der Waals surface area (Å²) in [6.45, 7) is 0. The fraction of sp³-hybridized carbons (Fsp3) is 0. The minimum Gasteiger partial charge on any atom is -0.309 e. The van der Waals surface area contributed by atoms with Crippen molar-refractivity contribution in [3.8, 4) is 56.3 Å². The van der Waals surface area contributed by atoms with E-state index in [1.807, 2.05) is 30.5 Å². The van der Waals surface area contributed by atoms with E-state index in [1.54, 1.807) is 0 Å². The van der Waals surface area contributed by atoms with E-state index >= 15 is 0 Å². The summed E-state index contributed by atoms with van der Waals surface area (Å²) < 4.78 is 2.32. The lowest BCUT2D eigenvalue weighted by Crippen LogP contribution is -1.94. The van der Waals surface area contributed by atoms with Crippen molar-refractivity contribution < 1.29 is 0 Å². The number of pyridine rings is 1. The highest BCUT2D eigenvalue weighted by atomic mass is 15.0. The van der Waals surface area contributed by atoms with Crippen molar-refractivity contribution in [2.75, 3.05) is 0 Å². The van der Waals surface area contributed by atoms with Gasteiger partial charge in [0.2, 0.25) is 0 Å². The maximum atomic E-state index is 9.93. The molecule has 0 bridgehead atoms. The van der Waals surface area contributed by atoms with Crippen LogP contribution in [0, 0.1) is 11.3 Å². The number of nitriles is 1. The third-order valence-electron chi connectivity index (χ3n) is 12.9. The molecule has 13 rings (SSSR count). The monoisotopic (exact) mass is 771 g/mol. The normalized spacial score (nSPS) is 11.9. The molecule has 61 heavy (non-hydrogen) atoms. The van der Waals surface area contributed by atoms with Crippen LogP contribution in [0.4, 0.5) is 0 Å². The predicted molar refractivity (Wildman–Crippen MR) is 255 cm³/mol. The number of fused-ring (bicyclic) bond motifs is 1. The van der Waals surface area contributed by atoms with E-state index in [0.29, 0.717) is 5.56 Å². The molecule has 0 unspecified atom stereocenters. The Hall–Kier alpha value is -8.32. The van der Waals surface area contributed by atoms with Crippen LogP contribution in [-0.4, -0.2) is 9.55 Å². The summed E-state index contributed by atoms with van der Waals surface area (Å²) in [7, 11) is 0. The highest BCUT2D eigenvalue weighted by molar-refractivity contribution is 6.28. The van der Waals surface area contributed by atoms with E-state index in [-0.39, 0.29) is 0 Å². The molecule has 0 aliphatic carbocycles. The maximum Gasteiger partial charge on any atom is 0.0992 e. The van der Waals surface area contributed by atoms with Gasteiger partial charge in [-0.1, -0.05) is 152 Å². The molecule has 11 aromatic carbocycles. The average Bonchev–Trinajstić information content (AvgIpc) is 3.67. The van der Waals surface area contributed by atoms with E-state index in [2.05, 4.69) is 180 Å². The predicted octanol–water partition coefficient (Wildman–Crippen LogP) is 15.4. The highest BCUT2D eigenvalue weighted by Gasteiger charge is 2.20. The molecule has 0 amide bonds. The van der Waals surface area contributed by atoms with Gasteiger partial charge in [0, 0.05) is 33.6 Å². The Labute approximate surface area is 351 Å². The first-order valence-corrected chi connectivity index (χ1v) is 20.7. The zero-order valence-electron chi connectivity index (χ0n) is 32.9. The number of benzene rings is 11. The number of rotatable bonds is 5. The lowest BCUT2D eigenvalue weighted by Gasteiger charge is -2.17. The molecule has 3 heteroatoms. The molecule has 2 heterocycles. The van der Waals surface area contributed by atoms with Gasteiger partial charge in [-0.15, -0.1) is 0 Å².